The van der Waals surface area contributed by atoms with Crippen LogP contribution in [0.25, 0.3) is 10.9 Å². The Bertz CT molecular complexity index is 574. The molecule has 4 heteroatoms. The smallest absolute Gasteiger partial charge is 0.355 e. The van der Waals surface area contributed by atoms with Gasteiger partial charge in [0.15, 0.2) is 0 Å². The molecule has 0 atom stereocenters. The van der Waals surface area contributed by atoms with Gasteiger partial charge in [-0.05, 0) is 31.0 Å². The van der Waals surface area contributed by atoms with Gasteiger partial charge in [-0.15, -0.1) is 0 Å². The number of carbonyl (C=O) groups is 1. The first-order valence-corrected chi connectivity index (χ1v) is 6.94. The first-order chi connectivity index (χ1) is 8.69. The van der Waals surface area contributed by atoms with Crippen molar-refractivity contribution in [1.29, 1.82) is 0 Å². The Morgan fingerprint density at radius 3 is 2.83 bits per heavy atom. The molecule has 0 saturated carbocycles. The highest BCUT2D eigenvalue weighted by Crippen LogP contribution is 2.30. The molecule has 0 aliphatic rings. The van der Waals surface area contributed by atoms with E-state index in [9.17, 15) is 4.79 Å². The Kier molecular flexibility index (Phi) is 4.07. The number of ether oxygens (including phenoxy) is 1. The number of halogens is 1. The first-order valence-electron chi connectivity index (χ1n) is 6.15. The third-order valence-electron chi connectivity index (χ3n) is 2.86. The molecule has 0 aliphatic carbocycles. The lowest BCUT2D eigenvalue weighted by Gasteiger charge is -2.03. The summed E-state index contributed by atoms with van der Waals surface area (Å²) < 4.78 is 6.11. The highest BCUT2D eigenvalue weighted by molar-refractivity contribution is 9.10. The molecule has 2 aromatic rings. The molecular weight excluding hydrogens is 294 g/mol. The second-order valence-electron chi connectivity index (χ2n) is 4.11. The molecule has 0 amide bonds. The van der Waals surface area contributed by atoms with E-state index >= 15 is 0 Å². The van der Waals surface area contributed by atoms with Gasteiger partial charge < -0.3 is 9.72 Å². The molecule has 2 rings (SSSR count). The van der Waals surface area contributed by atoms with Gasteiger partial charge in [-0.1, -0.05) is 35.3 Å². The average molecular weight is 310 g/mol. The van der Waals surface area contributed by atoms with Crippen molar-refractivity contribution in [2.75, 3.05) is 6.61 Å². The summed E-state index contributed by atoms with van der Waals surface area (Å²) >= 11 is 3.55. The lowest BCUT2D eigenvalue weighted by atomic mass is 10.1. The molecule has 96 valence electrons. The second-order valence-corrected chi connectivity index (χ2v) is 4.97. The Morgan fingerprint density at radius 2 is 2.17 bits per heavy atom. The quantitative estimate of drug-likeness (QED) is 0.865. The summed E-state index contributed by atoms with van der Waals surface area (Å²) in [5, 5.41) is 1.09. The van der Waals surface area contributed by atoms with Crippen LogP contribution in [0, 0.1) is 0 Å². The van der Waals surface area contributed by atoms with Crippen molar-refractivity contribution >= 4 is 32.8 Å². The topological polar surface area (TPSA) is 42.1 Å². The minimum atomic E-state index is -0.274. The molecule has 1 aromatic carbocycles. The van der Waals surface area contributed by atoms with E-state index in [1.54, 1.807) is 0 Å². The number of hydrogen-bond donors (Lipinski definition) is 1. The van der Waals surface area contributed by atoms with Gasteiger partial charge in [0, 0.05) is 15.4 Å². The fraction of sp³-hybridized carbons (Fsp3) is 0.357. The number of aromatic amines is 1. The molecule has 0 fully saturated rings. The van der Waals surface area contributed by atoms with Gasteiger partial charge >= 0.3 is 5.97 Å². The van der Waals surface area contributed by atoms with Crippen LogP contribution in [0.3, 0.4) is 0 Å². The van der Waals surface area contributed by atoms with E-state index in [0.29, 0.717) is 12.3 Å². The van der Waals surface area contributed by atoms with E-state index in [1.807, 2.05) is 25.1 Å². The van der Waals surface area contributed by atoms with Gasteiger partial charge in [0.25, 0.3) is 0 Å². The number of benzene rings is 1. The zero-order valence-electron chi connectivity index (χ0n) is 10.5. The maximum Gasteiger partial charge on any atom is 0.355 e. The number of carbonyl (C=O) groups excluding carboxylic acids is 1. The van der Waals surface area contributed by atoms with Crippen molar-refractivity contribution in [3.05, 3.63) is 33.9 Å². The lowest BCUT2D eigenvalue weighted by Crippen LogP contribution is -2.07. The summed E-state index contributed by atoms with van der Waals surface area (Å²) in [6.07, 6.45) is 1.84. The number of nitrogens with one attached hydrogen (secondary N) is 1. The Hall–Kier alpha value is -1.29. The van der Waals surface area contributed by atoms with Crippen LogP contribution >= 0.6 is 15.9 Å². The Labute approximate surface area is 115 Å². The fourth-order valence-electron chi connectivity index (χ4n) is 2.15. The van der Waals surface area contributed by atoms with Crippen molar-refractivity contribution in [2.24, 2.45) is 0 Å². The standard InChI is InChI=1S/C14H16BrNO2/c1-3-6-9-12-10(15)7-5-8-11(12)16-13(9)14(17)18-4-2/h5,7-8,16H,3-4,6H2,1-2H3. The summed E-state index contributed by atoms with van der Waals surface area (Å²) in [7, 11) is 0. The lowest BCUT2D eigenvalue weighted by molar-refractivity contribution is 0.0519. The van der Waals surface area contributed by atoms with Crippen molar-refractivity contribution < 1.29 is 9.53 Å². The van der Waals surface area contributed by atoms with Crippen LogP contribution in [-0.4, -0.2) is 17.6 Å². The van der Waals surface area contributed by atoms with Crippen molar-refractivity contribution in [3.8, 4) is 0 Å². The zero-order valence-corrected chi connectivity index (χ0v) is 12.1. The van der Waals surface area contributed by atoms with Crippen LogP contribution in [0.2, 0.25) is 0 Å². The number of aryl methyl sites for hydroxylation is 1. The molecule has 3 nitrogen and oxygen atoms in total. The molecule has 1 aromatic heterocycles. The maximum absolute atomic E-state index is 12.0. The fourth-order valence-corrected chi connectivity index (χ4v) is 2.75. The summed E-state index contributed by atoms with van der Waals surface area (Å²) in [5.74, 6) is -0.274. The molecule has 0 bridgehead atoms. The van der Waals surface area contributed by atoms with E-state index < -0.39 is 0 Å². The van der Waals surface area contributed by atoms with Gasteiger partial charge in [0.2, 0.25) is 0 Å². The van der Waals surface area contributed by atoms with Crippen LogP contribution in [0.5, 0.6) is 0 Å². The van der Waals surface area contributed by atoms with Crippen molar-refractivity contribution in [1.82, 2.24) is 4.98 Å². The first kappa shape index (κ1) is 13.1. The van der Waals surface area contributed by atoms with E-state index in [-0.39, 0.29) is 5.97 Å². The van der Waals surface area contributed by atoms with Crippen molar-refractivity contribution in [3.63, 3.8) is 0 Å². The number of hydrogen-bond acceptors (Lipinski definition) is 2. The third kappa shape index (κ3) is 2.29. The van der Waals surface area contributed by atoms with Gasteiger partial charge in [0.1, 0.15) is 5.69 Å². The van der Waals surface area contributed by atoms with E-state index in [2.05, 4.69) is 27.8 Å². The predicted octanol–water partition coefficient (Wildman–Crippen LogP) is 4.06. The number of aromatic nitrogens is 1. The van der Waals surface area contributed by atoms with Gasteiger partial charge in [-0.25, -0.2) is 4.79 Å². The monoisotopic (exact) mass is 309 g/mol. The van der Waals surface area contributed by atoms with Gasteiger partial charge in [0.05, 0.1) is 6.61 Å². The van der Waals surface area contributed by atoms with E-state index in [4.69, 9.17) is 4.74 Å². The van der Waals surface area contributed by atoms with Crippen LogP contribution in [0.15, 0.2) is 22.7 Å². The Balaban J connectivity index is 2.62. The number of rotatable bonds is 4. The summed E-state index contributed by atoms with van der Waals surface area (Å²) in [4.78, 5) is 15.1. The van der Waals surface area contributed by atoms with E-state index in [1.165, 1.54) is 0 Å². The molecular formula is C14H16BrNO2. The third-order valence-corrected chi connectivity index (χ3v) is 3.52. The number of esters is 1. The second kappa shape index (κ2) is 5.57. The molecule has 1 heterocycles. The minimum absolute atomic E-state index is 0.274. The predicted molar refractivity (Wildman–Crippen MR) is 76.0 cm³/mol. The number of H-pyrrole nitrogens is 1. The highest BCUT2D eigenvalue weighted by atomic mass is 79.9. The SMILES string of the molecule is CCCc1c(C(=O)OCC)[nH]c2cccc(Br)c12. The normalized spacial score (nSPS) is 10.8. The molecule has 0 unspecified atom stereocenters. The summed E-state index contributed by atoms with van der Waals surface area (Å²) in [6.45, 7) is 4.31. The largest absolute Gasteiger partial charge is 0.461 e. The van der Waals surface area contributed by atoms with Crippen LogP contribution in [0.4, 0.5) is 0 Å². The summed E-state index contributed by atoms with van der Waals surface area (Å²) in [5.41, 5.74) is 2.59. The van der Waals surface area contributed by atoms with E-state index in [0.717, 1.165) is 33.8 Å². The van der Waals surface area contributed by atoms with Crippen LogP contribution < -0.4 is 0 Å². The minimum Gasteiger partial charge on any atom is -0.461 e. The van der Waals surface area contributed by atoms with Gasteiger partial charge in [-0.2, -0.15) is 0 Å². The number of fused-ring (bicyclic) bond motifs is 1. The van der Waals surface area contributed by atoms with Gasteiger partial charge in [-0.3, -0.25) is 0 Å². The highest BCUT2D eigenvalue weighted by Gasteiger charge is 2.19. The average Bonchev–Trinajstić information content (AvgIpc) is 2.70. The molecule has 0 aliphatic heterocycles. The zero-order chi connectivity index (χ0) is 13.1. The summed E-state index contributed by atoms with van der Waals surface area (Å²) in [6, 6.07) is 5.92. The van der Waals surface area contributed by atoms with Crippen LogP contribution in [-0.2, 0) is 11.2 Å². The molecule has 0 spiro atoms. The maximum atomic E-state index is 12.0. The van der Waals surface area contributed by atoms with Crippen molar-refractivity contribution in [2.45, 2.75) is 26.7 Å². The molecule has 0 saturated heterocycles. The molecule has 18 heavy (non-hydrogen) atoms. The Morgan fingerprint density at radius 1 is 1.39 bits per heavy atom. The molecule has 0 radical (unpaired) electrons. The van der Waals surface area contributed by atoms with Crippen LogP contribution in [0.1, 0.15) is 36.3 Å². The molecule has 1 N–H and O–H groups in total.